The number of carbonyl (C=O) groups is 3. The van der Waals surface area contributed by atoms with Crippen LogP contribution >= 0.6 is 23.2 Å². The van der Waals surface area contributed by atoms with Crippen LogP contribution in [0.15, 0.2) is 42.6 Å². The number of carbonyl (C=O) groups excluding carboxylic acids is 2. The molecule has 3 aromatic heterocycles. The quantitative estimate of drug-likeness (QED) is 0.124. The van der Waals surface area contributed by atoms with Gasteiger partial charge in [-0.2, -0.15) is 5.10 Å². The lowest BCUT2D eigenvalue weighted by atomic mass is 9.98. The number of fused-ring (bicyclic) bond motifs is 4. The van der Waals surface area contributed by atoms with E-state index in [4.69, 9.17) is 33.0 Å². The van der Waals surface area contributed by atoms with Gasteiger partial charge >= 0.3 is 5.97 Å². The van der Waals surface area contributed by atoms with Crippen LogP contribution in [0.25, 0.3) is 32.9 Å². The van der Waals surface area contributed by atoms with Gasteiger partial charge in [0.2, 0.25) is 5.91 Å². The lowest BCUT2D eigenvalue weighted by molar-refractivity contribution is -0.117. The van der Waals surface area contributed by atoms with Crippen LogP contribution in [0, 0.1) is 27.7 Å². The second-order valence-corrected chi connectivity index (χ2v) is 17.3. The van der Waals surface area contributed by atoms with Crippen molar-refractivity contribution in [2.24, 2.45) is 14.1 Å². The molecule has 12 nitrogen and oxygen atoms in total. The van der Waals surface area contributed by atoms with Crippen molar-refractivity contribution in [3.63, 3.8) is 0 Å². The summed E-state index contributed by atoms with van der Waals surface area (Å²) in [5.41, 5.74) is 9.32. The number of hydrogen-bond donors (Lipinski definition) is 2. The van der Waals surface area contributed by atoms with Gasteiger partial charge in [-0.25, -0.2) is 4.79 Å². The molecular formula is C46H51Cl2N7O5. The Bertz CT molecular complexity index is 2700. The maximum absolute atomic E-state index is 15.5. The minimum atomic E-state index is -1.10. The van der Waals surface area contributed by atoms with Crippen LogP contribution in [-0.4, -0.2) is 79.5 Å². The molecule has 6 aromatic rings. The van der Waals surface area contributed by atoms with E-state index in [2.05, 4.69) is 21.7 Å². The van der Waals surface area contributed by atoms with Crippen molar-refractivity contribution >= 4 is 74.2 Å². The average Bonchev–Trinajstić information content (AvgIpc) is 3.81. The number of nitrogens with zero attached hydrogens (tertiary/aromatic N) is 6. The predicted molar refractivity (Wildman–Crippen MR) is 239 cm³/mol. The van der Waals surface area contributed by atoms with E-state index >= 15 is 4.79 Å². The van der Waals surface area contributed by atoms with Gasteiger partial charge in [0, 0.05) is 71.2 Å². The number of carboxylic acid groups (broad SMARTS) is 1. The third kappa shape index (κ3) is 7.32. The molecule has 1 saturated heterocycles. The zero-order chi connectivity index (χ0) is 42.7. The van der Waals surface area contributed by atoms with Crippen LogP contribution in [0.1, 0.15) is 87.6 Å². The molecule has 0 aliphatic carbocycles. The zero-order valence-corrected chi connectivity index (χ0v) is 36.7. The largest absolute Gasteiger partial charge is 0.494 e. The van der Waals surface area contributed by atoms with Gasteiger partial charge < -0.3 is 29.2 Å². The molecule has 0 bridgehead atoms. The first-order valence-corrected chi connectivity index (χ1v) is 21.4. The average molecular weight is 853 g/mol. The Morgan fingerprint density at radius 1 is 0.950 bits per heavy atom. The number of likely N-dealkylation sites (tertiary alicyclic amines) is 1. The number of ether oxygens (including phenoxy) is 1. The van der Waals surface area contributed by atoms with Crippen LogP contribution in [0.3, 0.4) is 0 Å². The number of aryl methyl sites for hydroxylation is 6. The predicted octanol–water partition coefficient (Wildman–Crippen LogP) is 9.43. The molecule has 60 heavy (non-hydrogen) atoms. The molecule has 314 valence electrons. The molecular weight excluding hydrogens is 801 g/mol. The number of anilines is 2. The van der Waals surface area contributed by atoms with Gasteiger partial charge in [-0.3, -0.25) is 19.2 Å². The first-order valence-electron chi connectivity index (χ1n) is 20.6. The summed E-state index contributed by atoms with van der Waals surface area (Å²) in [7, 11) is 3.70. The van der Waals surface area contributed by atoms with Crippen molar-refractivity contribution < 1.29 is 24.2 Å². The SMILES string of the molecule is Cc1cc(OCCCc2c3n(c4c(-c5c(C)nn(C)c5C)c(Cl)ccc24)[C@H](C)CN(c2cc(NC(=O)CN4CCCCC4)cc4c(C(=O)O)cn(C)c24)C3=O)cc(C)c1Cl. The topological polar surface area (TPSA) is 127 Å². The van der Waals surface area contributed by atoms with Gasteiger partial charge in [0.1, 0.15) is 11.4 Å². The lowest BCUT2D eigenvalue weighted by Crippen LogP contribution is -2.43. The Kier molecular flexibility index (Phi) is 11.2. The number of aromatic carboxylic acids is 1. The molecule has 0 spiro atoms. The standard InChI is InChI=1S/C46H51Cl2N7O5/c1-25-18-31(19-26(2)41(25)48)60-17-11-12-32-33-13-14-36(47)40(39-28(4)50-52(7)29(39)5)43(33)55-27(3)22-54(45(57)44(32)55)37-21-30(49-38(56)24-53-15-9-8-10-16-53)20-34-35(46(58)59)23-51(6)42(34)37/h13-14,18-21,23,27H,8-12,15-17,22,24H2,1-7H3,(H,49,56)(H,58,59)/t27-/m1/s1. The van der Waals surface area contributed by atoms with E-state index < -0.39 is 5.97 Å². The summed E-state index contributed by atoms with van der Waals surface area (Å²) in [5.74, 6) is -0.782. The van der Waals surface area contributed by atoms with E-state index in [1.165, 1.54) is 0 Å². The maximum Gasteiger partial charge on any atom is 0.337 e. The second-order valence-electron chi connectivity index (χ2n) is 16.5. The van der Waals surface area contributed by atoms with E-state index in [1.54, 1.807) is 34.8 Å². The molecule has 1 fully saturated rings. The summed E-state index contributed by atoms with van der Waals surface area (Å²) < 4.78 is 12.0. The third-order valence-electron chi connectivity index (χ3n) is 12.2. The summed E-state index contributed by atoms with van der Waals surface area (Å²) in [5, 5.41) is 20.7. The normalized spacial score (nSPS) is 15.9. The highest BCUT2D eigenvalue weighted by molar-refractivity contribution is 6.35. The number of rotatable bonds is 11. The van der Waals surface area contributed by atoms with Crippen molar-refractivity contribution in [2.75, 3.05) is 43.0 Å². The molecule has 2 amide bonds. The molecule has 2 N–H and O–H groups in total. The molecule has 3 aromatic carbocycles. The maximum atomic E-state index is 15.5. The fourth-order valence-corrected chi connectivity index (χ4v) is 9.79. The molecule has 2 aliphatic heterocycles. The number of piperidine rings is 1. The van der Waals surface area contributed by atoms with E-state index in [1.807, 2.05) is 63.7 Å². The van der Waals surface area contributed by atoms with E-state index in [0.29, 0.717) is 52.4 Å². The summed E-state index contributed by atoms with van der Waals surface area (Å²) >= 11 is 13.6. The Morgan fingerprint density at radius 3 is 2.33 bits per heavy atom. The van der Waals surface area contributed by atoms with Gasteiger partial charge in [-0.05, 0) is 120 Å². The zero-order valence-electron chi connectivity index (χ0n) is 35.2. The number of amides is 2. The smallest absolute Gasteiger partial charge is 0.337 e. The van der Waals surface area contributed by atoms with Crippen LogP contribution in [0.2, 0.25) is 10.0 Å². The Balaban J connectivity index is 1.25. The lowest BCUT2D eigenvalue weighted by Gasteiger charge is -2.35. The van der Waals surface area contributed by atoms with Crippen molar-refractivity contribution in [1.29, 1.82) is 0 Å². The van der Waals surface area contributed by atoms with Gasteiger partial charge in [0.05, 0.1) is 46.2 Å². The van der Waals surface area contributed by atoms with E-state index in [9.17, 15) is 14.7 Å². The summed E-state index contributed by atoms with van der Waals surface area (Å²) in [6.45, 7) is 12.6. The van der Waals surface area contributed by atoms with E-state index in [0.717, 1.165) is 93.2 Å². The van der Waals surface area contributed by atoms with Crippen LogP contribution in [-0.2, 0) is 25.3 Å². The van der Waals surface area contributed by atoms with Crippen LogP contribution < -0.4 is 15.0 Å². The molecule has 0 radical (unpaired) electrons. The van der Waals surface area contributed by atoms with Crippen molar-refractivity contribution in [3.8, 4) is 16.9 Å². The minimum Gasteiger partial charge on any atom is -0.494 e. The van der Waals surface area contributed by atoms with Crippen LogP contribution in [0.5, 0.6) is 5.75 Å². The number of aromatic nitrogens is 4. The Morgan fingerprint density at radius 2 is 1.67 bits per heavy atom. The molecule has 0 unspecified atom stereocenters. The molecule has 0 saturated carbocycles. The first kappa shape index (κ1) is 41.4. The van der Waals surface area contributed by atoms with Gasteiger partial charge in [-0.1, -0.05) is 35.7 Å². The Hall–Kier alpha value is -5.30. The van der Waals surface area contributed by atoms with Crippen molar-refractivity contribution in [1.82, 2.24) is 23.8 Å². The van der Waals surface area contributed by atoms with Gasteiger partial charge in [-0.15, -0.1) is 0 Å². The summed E-state index contributed by atoms with van der Waals surface area (Å²) in [4.78, 5) is 45.4. The second kappa shape index (κ2) is 16.3. The molecule has 8 rings (SSSR count). The van der Waals surface area contributed by atoms with Gasteiger partial charge in [0.25, 0.3) is 5.91 Å². The first-order chi connectivity index (χ1) is 28.6. The number of hydrogen-bond acceptors (Lipinski definition) is 6. The number of nitrogens with one attached hydrogen (secondary N) is 1. The highest BCUT2D eigenvalue weighted by Crippen LogP contribution is 2.46. The summed E-state index contributed by atoms with van der Waals surface area (Å²) in [6, 6.07) is 11.0. The Labute approximate surface area is 359 Å². The van der Waals surface area contributed by atoms with Crippen molar-refractivity contribution in [3.05, 3.63) is 92.0 Å². The highest BCUT2D eigenvalue weighted by atomic mass is 35.5. The molecule has 1 atom stereocenters. The number of benzene rings is 3. The number of halogens is 2. The van der Waals surface area contributed by atoms with Crippen LogP contribution in [0.4, 0.5) is 11.4 Å². The van der Waals surface area contributed by atoms with E-state index in [-0.39, 0.29) is 36.5 Å². The minimum absolute atomic E-state index is 0.0840. The molecule has 5 heterocycles. The third-order valence-corrected chi connectivity index (χ3v) is 13.2. The van der Waals surface area contributed by atoms with Gasteiger partial charge in [0.15, 0.2) is 0 Å². The number of carboxylic acids is 1. The van der Waals surface area contributed by atoms with Crippen molar-refractivity contribution in [2.45, 2.75) is 72.8 Å². The molecule has 14 heteroatoms. The monoisotopic (exact) mass is 851 g/mol. The fraction of sp³-hybridized carbons (Fsp3) is 0.391. The highest BCUT2D eigenvalue weighted by Gasteiger charge is 2.38. The fourth-order valence-electron chi connectivity index (χ4n) is 9.43. The summed E-state index contributed by atoms with van der Waals surface area (Å²) in [6.07, 6.45) is 5.95. The molecule has 2 aliphatic rings.